The number of furan rings is 1. The molecule has 0 spiro atoms. The minimum absolute atomic E-state index is 0.0195. The Kier molecular flexibility index (Phi) is 7.19. The first-order valence-electron chi connectivity index (χ1n) is 10.9. The lowest BCUT2D eigenvalue weighted by molar-refractivity contribution is -0.131. The molecule has 1 fully saturated rings. The summed E-state index contributed by atoms with van der Waals surface area (Å²) in [5.74, 6) is 1.21. The fourth-order valence-corrected chi connectivity index (χ4v) is 3.89. The van der Waals surface area contributed by atoms with E-state index in [2.05, 4.69) is 14.9 Å². The fourth-order valence-electron chi connectivity index (χ4n) is 3.89. The predicted molar refractivity (Wildman–Crippen MR) is 122 cm³/mol. The van der Waals surface area contributed by atoms with Crippen molar-refractivity contribution >= 4 is 17.5 Å². The first kappa shape index (κ1) is 22.3. The molecule has 1 aliphatic heterocycles. The maximum absolute atomic E-state index is 13.0. The second-order valence-electron chi connectivity index (χ2n) is 7.69. The second-order valence-corrected chi connectivity index (χ2v) is 7.69. The van der Waals surface area contributed by atoms with E-state index < -0.39 is 0 Å². The molecule has 1 aliphatic rings. The molecule has 0 bridgehead atoms. The van der Waals surface area contributed by atoms with Crippen LogP contribution in [0.25, 0.3) is 0 Å². The number of methoxy groups -OCH3 is 1. The molecular formula is C24H27N5O4. The van der Waals surface area contributed by atoms with Crippen LogP contribution in [0.15, 0.2) is 65.7 Å². The summed E-state index contributed by atoms with van der Waals surface area (Å²) in [7, 11) is 1.66. The summed E-state index contributed by atoms with van der Waals surface area (Å²) in [5, 5.41) is 0. The third-order valence-electron chi connectivity index (χ3n) is 5.65. The molecule has 0 radical (unpaired) electrons. The van der Waals surface area contributed by atoms with Crippen molar-refractivity contribution in [3.8, 4) is 5.75 Å². The maximum atomic E-state index is 13.0. The Labute approximate surface area is 192 Å². The zero-order valence-electron chi connectivity index (χ0n) is 18.6. The van der Waals surface area contributed by atoms with Gasteiger partial charge in [0.25, 0.3) is 5.91 Å². The molecule has 9 nitrogen and oxygen atoms in total. The van der Waals surface area contributed by atoms with Crippen molar-refractivity contribution in [2.45, 2.75) is 13.0 Å². The van der Waals surface area contributed by atoms with E-state index in [1.54, 1.807) is 30.4 Å². The molecule has 4 rings (SSSR count). The van der Waals surface area contributed by atoms with Gasteiger partial charge in [-0.1, -0.05) is 12.1 Å². The van der Waals surface area contributed by atoms with Crippen LogP contribution >= 0.6 is 0 Å². The largest absolute Gasteiger partial charge is 0.495 e. The number of piperazine rings is 1. The lowest BCUT2D eigenvalue weighted by atomic mass is 10.2. The smallest absolute Gasteiger partial charge is 0.274 e. The Hall–Kier alpha value is -3.88. The molecule has 0 unspecified atom stereocenters. The quantitative estimate of drug-likeness (QED) is 0.522. The number of aromatic nitrogens is 2. The average molecular weight is 450 g/mol. The zero-order valence-corrected chi connectivity index (χ0v) is 18.6. The minimum atomic E-state index is -0.284. The molecular weight excluding hydrogens is 422 g/mol. The van der Waals surface area contributed by atoms with E-state index >= 15 is 0 Å². The van der Waals surface area contributed by atoms with E-state index in [4.69, 9.17) is 9.15 Å². The normalized spacial score (nSPS) is 13.6. The van der Waals surface area contributed by atoms with Gasteiger partial charge in [0.05, 0.1) is 31.8 Å². The number of carbonyl (C=O) groups excluding carboxylic acids is 2. The van der Waals surface area contributed by atoms with Gasteiger partial charge < -0.3 is 23.9 Å². The standard InChI is InChI=1S/C24H27N5O4/c1-32-22-7-3-2-6-21(22)27-12-14-28(15-13-27)23(30)8-11-29(18-19-5-4-16-33-19)24(31)20-17-25-9-10-26-20/h2-7,9-10,16-17H,8,11-15,18H2,1H3. The van der Waals surface area contributed by atoms with Crippen LogP contribution in [0.5, 0.6) is 5.75 Å². The number of carbonyl (C=O) groups is 2. The van der Waals surface area contributed by atoms with Gasteiger partial charge in [0.1, 0.15) is 17.2 Å². The van der Waals surface area contributed by atoms with E-state index in [0.29, 0.717) is 18.8 Å². The number of hydrogen-bond acceptors (Lipinski definition) is 7. The number of amides is 2. The highest BCUT2D eigenvalue weighted by molar-refractivity contribution is 5.92. The van der Waals surface area contributed by atoms with Crippen molar-refractivity contribution in [2.75, 3.05) is 44.7 Å². The molecule has 33 heavy (non-hydrogen) atoms. The molecule has 2 amide bonds. The summed E-state index contributed by atoms with van der Waals surface area (Å²) < 4.78 is 10.9. The van der Waals surface area contributed by atoms with Crippen molar-refractivity contribution in [3.05, 3.63) is 72.7 Å². The number of anilines is 1. The van der Waals surface area contributed by atoms with Gasteiger partial charge in [-0.3, -0.25) is 14.6 Å². The summed E-state index contributed by atoms with van der Waals surface area (Å²) in [4.78, 5) is 39.6. The molecule has 3 aromatic rings. The lowest BCUT2D eigenvalue weighted by Crippen LogP contribution is -2.49. The van der Waals surface area contributed by atoms with E-state index in [9.17, 15) is 9.59 Å². The fraction of sp³-hybridized carbons (Fsp3) is 0.333. The third kappa shape index (κ3) is 5.49. The van der Waals surface area contributed by atoms with Crippen molar-refractivity contribution in [3.63, 3.8) is 0 Å². The van der Waals surface area contributed by atoms with Crippen molar-refractivity contribution < 1.29 is 18.7 Å². The van der Waals surface area contributed by atoms with Gasteiger partial charge in [0.15, 0.2) is 0 Å². The number of para-hydroxylation sites is 2. The summed E-state index contributed by atoms with van der Waals surface area (Å²) in [6, 6.07) is 11.5. The zero-order chi connectivity index (χ0) is 23.0. The molecule has 1 aromatic carbocycles. The Balaban J connectivity index is 1.35. The van der Waals surface area contributed by atoms with E-state index in [0.717, 1.165) is 24.5 Å². The van der Waals surface area contributed by atoms with Crippen LogP contribution in [0, 0.1) is 0 Å². The van der Waals surface area contributed by atoms with E-state index in [1.807, 2.05) is 29.2 Å². The van der Waals surface area contributed by atoms with Crippen LogP contribution in [0.2, 0.25) is 0 Å². The van der Waals surface area contributed by atoms with Crippen molar-refractivity contribution in [1.82, 2.24) is 19.8 Å². The van der Waals surface area contributed by atoms with Crippen LogP contribution in [-0.4, -0.2) is 71.4 Å². The van der Waals surface area contributed by atoms with E-state index in [-0.39, 0.29) is 37.0 Å². The molecule has 172 valence electrons. The first-order valence-corrected chi connectivity index (χ1v) is 10.9. The number of nitrogens with zero attached hydrogens (tertiary/aromatic N) is 5. The topological polar surface area (TPSA) is 92.0 Å². The summed E-state index contributed by atoms with van der Waals surface area (Å²) in [6.07, 6.45) is 6.21. The Morgan fingerprint density at radius 3 is 2.61 bits per heavy atom. The Morgan fingerprint density at radius 2 is 1.91 bits per heavy atom. The first-order chi connectivity index (χ1) is 16.2. The van der Waals surface area contributed by atoms with Gasteiger partial charge in [0, 0.05) is 51.5 Å². The Bertz CT molecular complexity index is 1050. The number of benzene rings is 1. The molecule has 2 aromatic heterocycles. The lowest BCUT2D eigenvalue weighted by Gasteiger charge is -2.37. The van der Waals surface area contributed by atoms with Crippen LogP contribution in [-0.2, 0) is 11.3 Å². The van der Waals surface area contributed by atoms with Gasteiger partial charge >= 0.3 is 0 Å². The number of ether oxygens (including phenoxy) is 1. The molecule has 1 saturated heterocycles. The second kappa shape index (κ2) is 10.6. The predicted octanol–water partition coefficient (Wildman–Crippen LogP) is 2.46. The SMILES string of the molecule is COc1ccccc1N1CCN(C(=O)CCN(Cc2ccco2)C(=O)c2cnccn2)CC1. The van der Waals surface area contributed by atoms with Crippen LogP contribution < -0.4 is 9.64 Å². The van der Waals surface area contributed by atoms with Gasteiger partial charge in [-0.25, -0.2) is 4.98 Å². The average Bonchev–Trinajstić information content (AvgIpc) is 3.40. The molecule has 0 aliphatic carbocycles. The van der Waals surface area contributed by atoms with Gasteiger partial charge in [-0.2, -0.15) is 0 Å². The summed E-state index contributed by atoms with van der Waals surface area (Å²) >= 11 is 0. The molecule has 0 N–H and O–H groups in total. The monoisotopic (exact) mass is 449 g/mol. The highest BCUT2D eigenvalue weighted by Gasteiger charge is 2.25. The minimum Gasteiger partial charge on any atom is -0.495 e. The molecule has 0 saturated carbocycles. The maximum Gasteiger partial charge on any atom is 0.274 e. The summed E-state index contributed by atoms with van der Waals surface area (Å²) in [5.41, 5.74) is 1.27. The molecule has 9 heteroatoms. The highest BCUT2D eigenvalue weighted by atomic mass is 16.5. The van der Waals surface area contributed by atoms with Gasteiger partial charge in [-0.15, -0.1) is 0 Å². The summed E-state index contributed by atoms with van der Waals surface area (Å²) in [6.45, 7) is 3.21. The van der Waals surface area contributed by atoms with Gasteiger partial charge in [-0.05, 0) is 24.3 Å². The Morgan fingerprint density at radius 1 is 1.09 bits per heavy atom. The van der Waals surface area contributed by atoms with Crippen molar-refractivity contribution in [1.29, 1.82) is 0 Å². The van der Waals surface area contributed by atoms with Gasteiger partial charge in [0.2, 0.25) is 5.91 Å². The number of rotatable bonds is 8. The van der Waals surface area contributed by atoms with Crippen molar-refractivity contribution in [2.24, 2.45) is 0 Å². The van der Waals surface area contributed by atoms with Crippen LogP contribution in [0.3, 0.4) is 0 Å². The molecule has 0 atom stereocenters. The van der Waals surface area contributed by atoms with E-state index in [1.165, 1.54) is 18.6 Å². The number of hydrogen-bond donors (Lipinski definition) is 0. The van der Waals surface area contributed by atoms with Crippen LogP contribution in [0.4, 0.5) is 5.69 Å². The molecule has 3 heterocycles. The van der Waals surface area contributed by atoms with Crippen LogP contribution in [0.1, 0.15) is 22.7 Å². The third-order valence-corrected chi connectivity index (χ3v) is 5.65. The highest BCUT2D eigenvalue weighted by Crippen LogP contribution is 2.28.